The van der Waals surface area contributed by atoms with Crippen LogP contribution in [0.25, 0.3) is 10.9 Å². The highest BCUT2D eigenvalue weighted by atomic mass is 32.1. The second-order valence-corrected chi connectivity index (χ2v) is 8.11. The molecule has 0 fully saturated rings. The van der Waals surface area contributed by atoms with E-state index in [0.29, 0.717) is 10.5 Å². The van der Waals surface area contributed by atoms with Crippen molar-refractivity contribution in [1.82, 2.24) is 20.5 Å². The summed E-state index contributed by atoms with van der Waals surface area (Å²) in [4.78, 5) is 30.1. The number of carbonyl (C=O) groups is 2. The lowest BCUT2D eigenvalue weighted by atomic mass is 9.96. The molecule has 2 heterocycles. The summed E-state index contributed by atoms with van der Waals surface area (Å²) < 4.78 is 0. The smallest absolute Gasteiger partial charge is 0.273 e. The monoisotopic (exact) mass is 371 g/mol. The molecule has 0 radical (unpaired) electrons. The van der Waals surface area contributed by atoms with Crippen molar-refractivity contribution in [2.24, 2.45) is 0 Å². The molecule has 0 aliphatic heterocycles. The molecule has 3 aromatic rings. The average Bonchev–Trinajstić information content (AvgIpc) is 3.20. The van der Waals surface area contributed by atoms with Gasteiger partial charge in [-0.1, -0.05) is 39.0 Å². The number of para-hydroxylation sites is 1. The number of carbonyl (C=O) groups excluding carboxylic acids is 2. The molecule has 3 rings (SSSR count). The van der Waals surface area contributed by atoms with Crippen molar-refractivity contribution in [3.8, 4) is 0 Å². The van der Waals surface area contributed by atoms with Gasteiger partial charge in [0, 0.05) is 16.5 Å². The Bertz CT molecular complexity index is 954. The molecule has 2 amide bonds. The van der Waals surface area contributed by atoms with Gasteiger partial charge in [0.2, 0.25) is 5.91 Å². The Morgan fingerprint density at radius 3 is 2.65 bits per heavy atom. The first-order valence-corrected chi connectivity index (χ1v) is 9.08. The van der Waals surface area contributed by atoms with Gasteiger partial charge in [-0.15, -0.1) is 11.3 Å². The zero-order valence-corrected chi connectivity index (χ0v) is 15.9. The Morgan fingerprint density at radius 2 is 1.96 bits per heavy atom. The molecule has 0 saturated carbocycles. The predicted octanol–water partition coefficient (Wildman–Crippen LogP) is 3.07. The van der Waals surface area contributed by atoms with E-state index in [4.69, 9.17) is 0 Å². The SMILES string of the molecule is CC(NC(=O)c1n[nH]c2ccccc12)C(=O)Nc1ncc(C(C)(C)C)s1. The summed E-state index contributed by atoms with van der Waals surface area (Å²) in [6, 6.07) is 6.62. The van der Waals surface area contributed by atoms with Crippen LogP contribution in [0.5, 0.6) is 0 Å². The summed E-state index contributed by atoms with van der Waals surface area (Å²) in [6.45, 7) is 7.88. The van der Waals surface area contributed by atoms with Crippen LogP contribution in [0.4, 0.5) is 5.13 Å². The van der Waals surface area contributed by atoms with E-state index in [0.717, 1.165) is 10.4 Å². The van der Waals surface area contributed by atoms with Gasteiger partial charge in [0.15, 0.2) is 10.8 Å². The first-order valence-electron chi connectivity index (χ1n) is 8.27. The van der Waals surface area contributed by atoms with Gasteiger partial charge >= 0.3 is 0 Å². The van der Waals surface area contributed by atoms with Gasteiger partial charge in [-0.25, -0.2) is 4.98 Å². The van der Waals surface area contributed by atoms with Crippen LogP contribution >= 0.6 is 11.3 Å². The Hall–Kier alpha value is -2.74. The second kappa shape index (κ2) is 6.87. The number of nitrogens with one attached hydrogen (secondary N) is 3. The standard InChI is InChI=1S/C18H21N5O2S/c1-10(15(24)21-17-19-9-13(26-17)18(2,3)4)20-16(25)14-11-7-5-6-8-12(11)22-23-14/h5-10H,1-4H3,(H,20,25)(H,22,23)(H,19,21,24). The molecule has 0 aliphatic rings. The number of thiazole rings is 1. The normalized spacial score (nSPS) is 12.8. The van der Waals surface area contributed by atoms with Crippen LogP contribution in [0.3, 0.4) is 0 Å². The highest BCUT2D eigenvalue weighted by Gasteiger charge is 2.22. The topological polar surface area (TPSA) is 99.8 Å². The van der Waals surface area contributed by atoms with E-state index in [1.54, 1.807) is 13.1 Å². The minimum atomic E-state index is -0.722. The Labute approximate surface area is 155 Å². The van der Waals surface area contributed by atoms with Crippen molar-refractivity contribution in [3.63, 3.8) is 0 Å². The number of rotatable bonds is 4. The fourth-order valence-electron chi connectivity index (χ4n) is 2.36. The molecular weight excluding hydrogens is 350 g/mol. The van der Waals surface area contributed by atoms with E-state index in [1.165, 1.54) is 11.3 Å². The predicted molar refractivity (Wildman–Crippen MR) is 102 cm³/mol. The van der Waals surface area contributed by atoms with Gasteiger partial charge < -0.3 is 10.6 Å². The zero-order chi connectivity index (χ0) is 18.9. The lowest BCUT2D eigenvalue weighted by Gasteiger charge is -2.14. The number of amides is 2. The third kappa shape index (κ3) is 3.75. The minimum absolute atomic E-state index is 0.0263. The van der Waals surface area contributed by atoms with E-state index in [2.05, 4.69) is 46.6 Å². The number of anilines is 1. The van der Waals surface area contributed by atoms with Crippen LogP contribution in [-0.2, 0) is 10.2 Å². The van der Waals surface area contributed by atoms with E-state index in [-0.39, 0.29) is 17.0 Å². The number of aromatic amines is 1. The van der Waals surface area contributed by atoms with Crippen LogP contribution in [0, 0.1) is 0 Å². The number of fused-ring (bicyclic) bond motifs is 1. The number of H-pyrrole nitrogens is 1. The summed E-state index contributed by atoms with van der Waals surface area (Å²) in [5, 5.41) is 13.5. The van der Waals surface area contributed by atoms with Crippen molar-refractivity contribution in [2.75, 3.05) is 5.32 Å². The number of benzene rings is 1. The molecule has 0 bridgehead atoms. The molecule has 3 N–H and O–H groups in total. The van der Waals surface area contributed by atoms with Gasteiger partial charge in [-0.05, 0) is 18.4 Å². The molecule has 1 aromatic carbocycles. The highest BCUT2D eigenvalue weighted by molar-refractivity contribution is 7.15. The first kappa shape index (κ1) is 18.1. The fraction of sp³-hybridized carbons (Fsp3) is 0.333. The molecule has 7 nitrogen and oxygen atoms in total. The van der Waals surface area contributed by atoms with E-state index in [9.17, 15) is 9.59 Å². The van der Waals surface area contributed by atoms with Crippen molar-refractivity contribution < 1.29 is 9.59 Å². The fourth-order valence-corrected chi connectivity index (χ4v) is 3.24. The number of hydrogen-bond acceptors (Lipinski definition) is 5. The molecule has 0 spiro atoms. The molecule has 1 atom stereocenters. The van der Waals surface area contributed by atoms with Crippen LogP contribution in [0.1, 0.15) is 43.1 Å². The number of hydrogen-bond donors (Lipinski definition) is 3. The van der Waals surface area contributed by atoms with Crippen molar-refractivity contribution in [3.05, 3.63) is 41.0 Å². The number of aromatic nitrogens is 3. The van der Waals surface area contributed by atoms with Crippen LogP contribution < -0.4 is 10.6 Å². The lowest BCUT2D eigenvalue weighted by molar-refractivity contribution is -0.117. The molecule has 2 aromatic heterocycles. The van der Waals surface area contributed by atoms with Gasteiger partial charge in [0.05, 0.1) is 5.52 Å². The summed E-state index contributed by atoms with van der Waals surface area (Å²) >= 11 is 1.43. The van der Waals surface area contributed by atoms with E-state index < -0.39 is 11.9 Å². The van der Waals surface area contributed by atoms with Crippen LogP contribution in [-0.4, -0.2) is 33.0 Å². The Kier molecular flexibility index (Phi) is 4.78. The maximum atomic E-state index is 12.4. The summed E-state index contributed by atoms with van der Waals surface area (Å²) in [5.74, 6) is -0.729. The van der Waals surface area contributed by atoms with E-state index >= 15 is 0 Å². The maximum absolute atomic E-state index is 12.4. The minimum Gasteiger partial charge on any atom is -0.339 e. The summed E-state index contributed by atoms with van der Waals surface area (Å²) in [6.07, 6.45) is 1.76. The van der Waals surface area contributed by atoms with Crippen molar-refractivity contribution in [1.29, 1.82) is 0 Å². The largest absolute Gasteiger partial charge is 0.339 e. The third-order valence-electron chi connectivity index (χ3n) is 3.90. The molecule has 8 heteroatoms. The zero-order valence-electron chi connectivity index (χ0n) is 15.1. The molecular formula is C18H21N5O2S. The average molecular weight is 371 g/mol. The summed E-state index contributed by atoms with van der Waals surface area (Å²) in [7, 11) is 0. The lowest BCUT2D eigenvalue weighted by Crippen LogP contribution is -2.41. The molecule has 0 aliphatic carbocycles. The number of nitrogens with zero attached hydrogens (tertiary/aromatic N) is 2. The first-order chi connectivity index (χ1) is 12.3. The van der Waals surface area contributed by atoms with E-state index in [1.807, 2.05) is 24.3 Å². The molecule has 26 heavy (non-hydrogen) atoms. The molecule has 1 unspecified atom stereocenters. The van der Waals surface area contributed by atoms with Crippen LogP contribution in [0.15, 0.2) is 30.5 Å². The second-order valence-electron chi connectivity index (χ2n) is 7.08. The molecule has 0 saturated heterocycles. The van der Waals surface area contributed by atoms with Gasteiger partial charge in [-0.2, -0.15) is 5.10 Å². The maximum Gasteiger partial charge on any atom is 0.273 e. The Balaban J connectivity index is 1.65. The summed E-state index contributed by atoms with van der Waals surface area (Å²) in [5.41, 5.74) is 1.01. The highest BCUT2D eigenvalue weighted by Crippen LogP contribution is 2.30. The molecule has 136 valence electrons. The van der Waals surface area contributed by atoms with Crippen molar-refractivity contribution >= 4 is 39.2 Å². The van der Waals surface area contributed by atoms with Gasteiger partial charge in [0.1, 0.15) is 6.04 Å². The van der Waals surface area contributed by atoms with Crippen molar-refractivity contribution in [2.45, 2.75) is 39.2 Å². The Morgan fingerprint density at radius 1 is 1.23 bits per heavy atom. The quantitative estimate of drug-likeness (QED) is 0.656. The van der Waals surface area contributed by atoms with Gasteiger partial charge in [-0.3, -0.25) is 14.7 Å². The van der Waals surface area contributed by atoms with Crippen LogP contribution in [0.2, 0.25) is 0 Å². The third-order valence-corrected chi connectivity index (χ3v) is 5.24. The van der Waals surface area contributed by atoms with Gasteiger partial charge in [0.25, 0.3) is 5.91 Å².